The van der Waals surface area contributed by atoms with E-state index in [1.807, 2.05) is 0 Å². The first-order valence-corrected chi connectivity index (χ1v) is 6.07. The molecule has 1 aromatic rings. The van der Waals surface area contributed by atoms with Crippen molar-refractivity contribution in [1.82, 2.24) is 4.98 Å². The van der Waals surface area contributed by atoms with Crippen LogP contribution in [0.25, 0.3) is 0 Å². The van der Waals surface area contributed by atoms with Crippen molar-refractivity contribution in [2.24, 2.45) is 0 Å². The number of carbonyl (C=O) groups is 1. The Morgan fingerprint density at radius 1 is 1.41 bits per heavy atom. The molecule has 0 radical (unpaired) electrons. The third-order valence-corrected chi connectivity index (χ3v) is 3.45. The molecule has 0 aliphatic carbocycles. The molecule has 0 amide bonds. The van der Waals surface area contributed by atoms with E-state index in [9.17, 15) is 4.79 Å². The number of anilines is 1. The van der Waals surface area contributed by atoms with Crippen molar-refractivity contribution in [3.63, 3.8) is 0 Å². The molecule has 1 N–H and O–H groups in total. The average Bonchev–Trinajstić information content (AvgIpc) is 2.29. The molecule has 0 aromatic carbocycles. The summed E-state index contributed by atoms with van der Waals surface area (Å²) in [6.07, 6.45) is 5.09. The average molecular weight is 234 g/mol. The van der Waals surface area contributed by atoms with Gasteiger partial charge in [-0.2, -0.15) is 0 Å². The Hall–Kier alpha value is -1.58. The SMILES string of the molecule is CC1CCCC(C)N1c1cc(C(=O)O)ccn1. The van der Waals surface area contributed by atoms with Crippen LogP contribution in [0.1, 0.15) is 43.5 Å². The van der Waals surface area contributed by atoms with Crippen molar-refractivity contribution in [2.75, 3.05) is 4.90 Å². The second-order valence-corrected chi connectivity index (χ2v) is 4.74. The third kappa shape index (κ3) is 2.40. The first-order chi connectivity index (χ1) is 8.09. The minimum Gasteiger partial charge on any atom is -0.478 e. The number of carboxylic acid groups (broad SMARTS) is 1. The molecular weight excluding hydrogens is 216 g/mol. The smallest absolute Gasteiger partial charge is 0.335 e. The van der Waals surface area contributed by atoms with Crippen LogP contribution in [0.5, 0.6) is 0 Å². The predicted octanol–water partition coefficient (Wildman–Crippen LogP) is 2.55. The maximum Gasteiger partial charge on any atom is 0.335 e. The first-order valence-electron chi connectivity index (χ1n) is 6.07. The van der Waals surface area contributed by atoms with Gasteiger partial charge in [-0.05, 0) is 45.2 Å². The summed E-state index contributed by atoms with van der Waals surface area (Å²) in [6.45, 7) is 4.34. The van der Waals surface area contributed by atoms with E-state index in [2.05, 4.69) is 23.7 Å². The largest absolute Gasteiger partial charge is 0.478 e. The van der Waals surface area contributed by atoms with Gasteiger partial charge in [-0.1, -0.05) is 0 Å². The molecule has 1 aliphatic rings. The van der Waals surface area contributed by atoms with Crippen LogP contribution >= 0.6 is 0 Å². The lowest BCUT2D eigenvalue weighted by Crippen LogP contribution is -2.44. The molecule has 1 saturated heterocycles. The summed E-state index contributed by atoms with van der Waals surface area (Å²) < 4.78 is 0. The van der Waals surface area contributed by atoms with E-state index < -0.39 is 5.97 Å². The summed E-state index contributed by atoms with van der Waals surface area (Å²) in [5.41, 5.74) is 0.306. The van der Waals surface area contributed by atoms with Gasteiger partial charge in [0.15, 0.2) is 0 Å². The van der Waals surface area contributed by atoms with Crippen LogP contribution in [0.2, 0.25) is 0 Å². The highest BCUT2D eigenvalue weighted by atomic mass is 16.4. The second-order valence-electron chi connectivity index (χ2n) is 4.74. The fourth-order valence-corrected chi connectivity index (χ4v) is 2.57. The lowest BCUT2D eigenvalue weighted by Gasteiger charge is -2.40. The maximum atomic E-state index is 11.0. The van der Waals surface area contributed by atoms with Gasteiger partial charge in [-0.25, -0.2) is 9.78 Å². The van der Waals surface area contributed by atoms with Gasteiger partial charge in [0.2, 0.25) is 0 Å². The standard InChI is InChI=1S/C13H18N2O2/c1-9-4-3-5-10(2)15(9)12-8-11(13(16)17)6-7-14-12/h6-10H,3-5H2,1-2H3,(H,16,17). The normalized spacial score (nSPS) is 24.7. The van der Waals surface area contributed by atoms with Gasteiger partial charge in [0.1, 0.15) is 5.82 Å². The van der Waals surface area contributed by atoms with Crippen molar-refractivity contribution >= 4 is 11.8 Å². The van der Waals surface area contributed by atoms with Crippen LogP contribution in [-0.2, 0) is 0 Å². The quantitative estimate of drug-likeness (QED) is 0.854. The maximum absolute atomic E-state index is 11.0. The van der Waals surface area contributed by atoms with E-state index in [0.717, 1.165) is 18.7 Å². The third-order valence-electron chi connectivity index (χ3n) is 3.45. The molecule has 2 heterocycles. The highest BCUT2D eigenvalue weighted by Gasteiger charge is 2.26. The van der Waals surface area contributed by atoms with Crippen LogP contribution in [-0.4, -0.2) is 28.1 Å². The Morgan fingerprint density at radius 3 is 2.65 bits per heavy atom. The van der Waals surface area contributed by atoms with Crippen molar-refractivity contribution < 1.29 is 9.90 Å². The summed E-state index contributed by atoms with van der Waals surface area (Å²) >= 11 is 0. The van der Waals surface area contributed by atoms with Crippen LogP contribution in [0.3, 0.4) is 0 Å². The molecule has 2 unspecified atom stereocenters. The molecular formula is C13H18N2O2. The number of pyridine rings is 1. The van der Waals surface area contributed by atoms with Gasteiger partial charge >= 0.3 is 5.97 Å². The molecule has 0 spiro atoms. The minimum absolute atomic E-state index is 0.306. The van der Waals surface area contributed by atoms with Gasteiger partial charge in [0, 0.05) is 18.3 Å². The van der Waals surface area contributed by atoms with Gasteiger partial charge in [0.25, 0.3) is 0 Å². The summed E-state index contributed by atoms with van der Waals surface area (Å²) in [7, 11) is 0. The predicted molar refractivity (Wildman–Crippen MR) is 66.5 cm³/mol. The van der Waals surface area contributed by atoms with Gasteiger partial charge < -0.3 is 10.0 Å². The van der Waals surface area contributed by atoms with Crippen molar-refractivity contribution in [3.05, 3.63) is 23.9 Å². The zero-order valence-corrected chi connectivity index (χ0v) is 10.3. The van der Waals surface area contributed by atoms with Crippen LogP contribution in [0.15, 0.2) is 18.3 Å². The van der Waals surface area contributed by atoms with Gasteiger partial charge in [-0.3, -0.25) is 0 Å². The Bertz CT molecular complexity index is 410. The number of carboxylic acids is 1. The van der Waals surface area contributed by atoms with E-state index in [4.69, 9.17) is 5.11 Å². The van der Waals surface area contributed by atoms with Gasteiger partial charge in [0.05, 0.1) is 5.56 Å². The van der Waals surface area contributed by atoms with E-state index >= 15 is 0 Å². The molecule has 92 valence electrons. The number of nitrogens with zero attached hydrogens (tertiary/aromatic N) is 2. The Labute approximate surface area is 101 Å². The summed E-state index contributed by atoms with van der Waals surface area (Å²) in [5, 5.41) is 8.99. The van der Waals surface area contributed by atoms with E-state index in [1.54, 1.807) is 12.3 Å². The van der Waals surface area contributed by atoms with E-state index in [-0.39, 0.29) is 0 Å². The Balaban J connectivity index is 2.31. The number of hydrogen-bond donors (Lipinski definition) is 1. The molecule has 1 aromatic heterocycles. The highest BCUT2D eigenvalue weighted by molar-refractivity contribution is 5.88. The summed E-state index contributed by atoms with van der Waals surface area (Å²) in [4.78, 5) is 17.5. The fraction of sp³-hybridized carbons (Fsp3) is 0.538. The second kappa shape index (κ2) is 4.73. The zero-order chi connectivity index (χ0) is 12.4. The highest BCUT2D eigenvalue weighted by Crippen LogP contribution is 2.27. The van der Waals surface area contributed by atoms with Crippen molar-refractivity contribution in [3.8, 4) is 0 Å². The van der Waals surface area contributed by atoms with E-state index in [1.165, 1.54) is 12.5 Å². The van der Waals surface area contributed by atoms with Gasteiger partial charge in [-0.15, -0.1) is 0 Å². The lowest BCUT2D eigenvalue weighted by atomic mass is 9.97. The zero-order valence-electron chi connectivity index (χ0n) is 10.3. The molecule has 4 heteroatoms. The summed E-state index contributed by atoms with van der Waals surface area (Å²) in [6, 6.07) is 4.05. The molecule has 4 nitrogen and oxygen atoms in total. The first kappa shape index (κ1) is 11.9. The molecule has 0 bridgehead atoms. The molecule has 17 heavy (non-hydrogen) atoms. The Morgan fingerprint density at radius 2 is 2.06 bits per heavy atom. The number of piperidine rings is 1. The Kier molecular flexibility index (Phi) is 3.31. The topological polar surface area (TPSA) is 53.4 Å². The molecule has 1 fully saturated rings. The van der Waals surface area contributed by atoms with Crippen LogP contribution in [0, 0.1) is 0 Å². The number of aromatic nitrogens is 1. The summed E-state index contributed by atoms with van der Waals surface area (Å²) in [5.74, 6) is -0.115. The molecule has 2 atom stereocenters. The van der Waals surface area contributed by atoms with E-state index in [0.29, 0.717) is 17.6 Å². The minimum atomic E-state index is -0.897. The molecule has 1 aliphatic heterocycles. The number of aromatic carboxylic acids is 1. The van der Waals surface area contributed by atoms with Crippen molar-refractivity contribution in [1.29, 1.82) is 0 Å². The monoisotopic (exact) mass is 234 g/mol. The van der Waals surface area contributed by atoms with Crippen LogP contribution < -0.4 is 4.90 Å². The fourth-order valence-electron chi connectivity index (χ4n) is 2.57. The molecule has 0 saturated carbocycles. The molecule has 2 rings (SSSR count). The number of rotatable bonds is 2. The van der Waals surface area contributed by atoms with Crippen molar-refractivity contribution in [2.45, 2.75) is 45.2 Å². The number of hydrogen-bond acceptors (Lipinski definition) is 3. The van der Waals surface area contributed by atoms with Crippen LogP contribution in [0.4, 0.5) is 5.82 Å². The lowest BCUT2D eigenvalue weighted by molar-refractivity contribution is 0.0696.